The first kappa shape index (κ1) is 17.7. The van der Waals surface area contributed by atoms with Gasteiger partial charge in [-0.25, -0.2) is 0 Å². The zero-order valence-corrected chi connectivity index (χ0v) is 17.6. The number of carbonyl (C=O) groups is 2. The maximum atomic E-state index is 11.8. The second-order valence-corrected chi connectivity index (χ2v) is 16.4. The summed E-state index contributed by atoms with van der Waals surface area (Å²) in [7, 11) is 0. The summed E-state index contributed by atoms with van der Waals surface area (Å²) in [6.45, 7) is 6.65. The molecule has 0 aliphatic carbocycles. The van der Waals surface area contributed by atoms with Crippen molar-refractivity contribution in [2.45, 2.75) is 27.7 Å². The molecule has 0 radical (unpaired) electrons. The van der Waals surface area contributed by atoms with E-state index in [2.05, 4.69) is 0 Å². The van der Waals surface area contributed by atoms with Crippen molar-refractivity contribution in [1.82, 2.24) is 0 Å². The molecule has 0 N–H and O–H groups in total. The molecule has 5 heteroatoms. The van der Waals surface area contributed by atoms with Crippen LogP contribution in [0.4, 0.5) is 0 Å². The van der Waals surface area contributed by atoms with Gasteiger partial charge in [0.2, 0.25) is 0 Å². The molecule has 0 saturated carbocycles. The van der Waals surface area contributed by atoms with Crippen LogP contribution in [-0.4, -0.2) is 34.0 Å². The minimum atomic E-state index is -4.52. The molecular formula is C18H20O4Pb. The average Bonchev–Trinajstić information content (AvgIpc) is 2.46. The summed E-state index contributed by atoms with van der Waals surface area (Å²) in [5.74, 6) is -0.872. The van der Waals surface area contributed by atoms with E-state index in [0.717, 1.165) is 17.4 Å². The predicted octanol–water partition coefficient (Wildman–Crippen LogP) is 1.99. The Labute approximate surface area is 142 Å². The fraction of sp³-hybridized carbons (Fsp3) is 0.222. The summed E-state index contributed by atoms with van der Waals surface area (Å²) >= 11 is -4.52. The third-order valence-corrected chi connectivity index (χ3v) is 16.4. The molecule has 0 spiro atoms. The summed E-state index contributed by atoms with van der Waals surface area (Å²) in [5.41, 5.74) is 2.18. The summed E-state index contributed by atoms with van der Waals surface area (Å²) in [4.78, 5) is 23.5. The number of hydrogen-bond donors (Lipinski definition) is 0. The SMILES string of the molecule is CC(=O)[O][Pb]([O]C(C)=O)([c]1ccc(C)cc1)[c]1ccc(C)cc1. The van der Waals surface area contributed by atoms with Crippen LogP contribution in [0.5, 0.6) is 0 Å². The first-order valence-corrected chi connectivity index (χ1v) is 14.4. The third-order valence-electron chi connectivity index (χ3n) is 3.44. The van der Waals surface area contributed by atoms with Crippen LogP contribution in [0.3, 0.4) is 0 Å². The standard InChI is InChI=1S/2C7H7.2C2H4O2.Pb/c2*1-7-5-3-2-4-6-7;2*1-2(3)4;/h2*3-6H,1H3;2*1H3,(H,3,4);/q;;;;+2/p-2. The Kier molecular flexibility index (Phi) is 5.56. The zero-order chi connectivity index (χ0) is 17.0. The van der Waals surface area contributed by atoms with E-state index in [1.165, 1.54) is 13.8 Å². The minimum absolute atomic E-state index is 0.436. The van der Waals surface area contributed by atoms with E-state index in [1.807, 2.05) is 62.4 Å². The van der Waals surface area contributed by atoms with E-state index in [1.54, 1.807) is 0 Å². The molecule has 0 saturated heterocycles. The Bertz CT molecular complexity index is 641. The van der Waals surface area contributed by atoms with E-state index in [9.17, 15) is 9.59 Å². The molecule has 2 rings (SSSR count). The Balaban J connectivity index is 2.67. The monoisotopic (exact) mass is 508 g/mol. The van der Waals surface area contributed by atoms with Crippen LogP contribution in [0.2, 0.25) is 0 Å². The molecule has 4 nitrogen and oxygen atoms in total. The van der Waals surface area contributed by atoms with Gasteiger partial charge in [-0.1, -0.05) is 0 Å². The molecule has 2 aromatic carbocycles. The van der Waals surface area contributed by atoms with Crippen LogP contribution in [0, 0.1) is 13.8 Å². The van der Waals surface area contributed by atoms with Crippen LogP contribution < -0.4 is 6.25 Å². The number of hydrogen-bond acceptors (Lipinski definition) is 4. The Morgan fingerprint density at radius 3 is 1.26 bits per heavy atom. The molecular weight excluding hydrogens is 487 g/mol. The van der Waals surface area contributed by atoms with Gasteiger partial charge in [-0.3, -0.25) is 0 Å². The molecule has 23 heavy (non-hydrogen) atoms. The van der Waals surface area contributed by atoms with Crippen molar-refractivity contribution in [2.75, 3.05) is 0 Å². The van der Waals surface area contributed by atoms with Gasteiger partial charge >= 0.3 is 143 Å². The number of benzene rings is 2. The Morgan fingerprint density at radius 1 is 0.696 bits per heavy atom. The van der Waals surface area contributed by atoms with Gasteiger partial charge in [-0.05, 0) is 0 Å². The normalized spacial score (nSPS) is 11.0. The number of rotatable bonds is 4. The van der Waals surface area contributed by atoms with Crippen molar-refractivity contribution < 1.29 is 15.0 Å². The van der Waals surface area contributed by atoms with Gasteiger partial charge in [0.1, 0.15) is 0 Å². The van der Waals surface area contributed by atoms with Crippen LogP contribution in [0.25, 0.3) is 0 Å². The van der Waals surface area contributed by atoms with E-state index in [0.29, 0.717) is 0 Å². The molecule has 0 aliphatic rings. The second-order valence-electron chi connectivity index (χ2n) is 5.54. The van der Waals surface area contributed by atoms with Crippen molar-refractivity contribution in [3.05, 3.63) is 59.7 Å². The van der Waals surface area contributed by atoms with E-state index in [4.69, 9.17) is 5.37 Å². The third kappa shape index (κ3) is 4.19. The van der Waals surface area contributed by atoms with Crippen molar-refractivity contribution in [3.8, 4) is 0 Å². The second kappa shape index (κ2) is 7.25. The topological polar surface area (TPSA) is 52.6 Å². The summed E-state index contributed by atoms with van der Waals surface area (Å²) in [6.07, 6.45) is 0. The number of carbonyl (C=O) groups excluding carboxylic acids is 2. The summed E-state index contributed by atoms with van der Waals surface area (Å²) in [6, 6.07) is 15.3. The Morgan fingerprint density at radius 2 is 1.00 bits per heavy atom. The summed E-state index contributed by atoms with van der Waals surface area (Å²) in [5, 5.41) is 0. The maximum absolute atomic E-state index is 11.8. The first-order valence-electron chi connectivity index (χ1n) is 7.37. The van der Waals surface area contributed by atoms with Gasteiger partial charge in [0, 0.05) is 0 Å². The summed E-state index contributed by atoms with van der Waals surface area (Å²) < 4.78 is 13.1. The van der Waals surface area contributed by atoms with Gasteiger partial charge in [0.05, 0.1) is 0 Å². The molecule has 0 bridgehead atoms. The zero-order valence-electron chi connectivity index (χ0n) is 13.8. The van der Waals surface area contributed by atoms with Crippen molar-refractivity contribution in [2.24, 2.45) is 0 Å². The van der Waals surface area contributed by atoms with Crippen LogP contribution in [0.1, 0.15) is 25.0 Å². The molecule has 0 aromatic heterocycles. The molecule has 0 amide bonds. The molecule has 0 aliphatic heterocycles. The quantitative estimate of drug-likeness (QED) is 0.595. The average molecular weight is 508 g/mol. The molecule has 2 aromatic rings. The predicted molar refractivity (Wildman–Crippen MR) is 90.9 cm³/mol. The van der Waals surface area contributed by atoms with Crippen LogP contribution >= 0.6 is 0 Å². The molecule has 0 unspecified atom stereocenters. The van der Waals surface area contributed by atoms with Gasteiger partial charge in [0.25, 0.3) is 0 Å². The molecule has 0 atom stereocenters. The van der Waals surface area contributed by atoms with Gasteiger partial charge < -0.3 is 0 Å². The Hall–Kier alpha value is -1.70. The van der Waals surface area contributed by atoms with Crippen LogP contribution in [-0.2, 0) is 15.0 Å². The van der Waals surface area contributed by atoms with Crippen molar-refractivity contribution >= 4 is 40.3 Å². The first-order chi connectivity index (χ1) is 10.8. The van der Waals surface area contributed by atoms with Gasteiger partial charge in [-0.15, -0.1) is 0 Å². The van der Waals surface area contributed by atoms with E-state index in [-0.39, 0.29) is 0 Å². The molecule has 120 valence electrons. The molecule has 0 heterocycles. The van der Waals surface area contributed by atoms with Gasteiger partial charge in [-0.2, -0.15) is 0 Å². The van der Waals surface area contributed by atoms with E-state index < -0.39 is 34.0 Å². The fourth-order valence-corrected chi connectivity index (χ4v) is 13.5. The fourth-order valence-electron chi connectivity index (χ4n) is 2.37. The van der Waals surface area contributed by atoms with Crippen molar-refractivity contribution in [1.29, 1.82) is 0 Å². The van der Waals surface area contributed by atoms with E-state index >= 15 is 0 Å². The number of aryl methyl sites for hydroxylation is 2. The van der Waals surface area contributed by atoms with Crippen LogP contribution in [0.15, 0.2) is 48.5 Å². The van der Waals surface area contributed by atoms with Gasteiger partial charge in [0.15, 0.2) is 0 Å². The molecule has 0 fully saturated rings. The van der Waals surface area contributed by atoms with Crippen molar-refractivity contribution in [3.63, 3.8) is 0 Å².